The highest BCUT2D eigenvalue weighted by Crippen LogP contribution is 1.95. The lowest BCUT2D eigenvalue weighted by Gasteiger charge is -2.26. The van der Waals surface area contributed by atoms with Crippen LogP contribution in [0.5, 0.6) is 0 Å². The Morgan fingerprint density at radius 1 is 1.28 bits per heavy atom. The number of amides is 2. The minimum absolute atomic E-state index is 0.0232. The van der Waals surface area contributed by atoms with E-state index in [0.29, 0.717) is 13.1 Å². The number of nitrogens with one attached hydrogen (secondary N) is 2. The molecular weight excluding hydrogens is 240 g/mol. The Kier molecular flexibility index (Phi) is 3.26. The molecule has 0 radical (unpaired) electrons. The molecule has 0 bridgehead atoms. The minimum atomic E-state index is -0.468. The lowest BCUT2D eigenvalue weighted by atomic mass is 10.3. The molecule has 2 amide bonds. The summed E-state index contributed by atoms with van der Waals surface area (Å²) in [5.74, 6) is -0.614. The van der Waals surface area contributed by atoms with E-state index in [2.05, 4.69) is 10.4 Å². The van der Waals surface area contributed by atoms with Crippen LogP contribution in [-0.4, -0.2) is 46.1 Å². The van der Waals surface area contributed by atoms with Gasteiger partial charge in [-0.15, -0.1) is 0 Å². The highest BCUT2D eigenvalue weighted by Gasteiger charge is 2.21. The minimum Gasteiger partial charge on any atom is -0.353 e. The molecule has 0 unspecified atom stereocenters. The molecule has 8 nitrogen and oxygen atoms in total. The molecule has 1 fully saturated rings. The molecule has 0 aromatic carbocycles. The quantitative estimate of drug-likeness (QED) is 0.606. The second-order valence-electron chi connectivity index (χ2n) is 3.90. The summed E-state index contributed by atoms with van der Waals surface area (Å²) in [4.78, 5) is 46.7. The van der Waals surface area contributed by atoms with Crippen molar-refractivity contribution in [2.45, 2.75) is 6.54 Å². The van der Waals surface area contributed by atoms with E-state index in [1.54, 1.807) is 0 Å². The van der Waals surface area contributed by atoms with Crippen LogP contribution in [0.3, 0.4) is 0 Å². The van der Waals surface area contributed by atoms with Crippen LogP contribution in [0.4, 0.5) is 0 Å². The first-order chi connectivity index (χ1) is 8.56. The van der Waals surface area contributed by atoms with Gasteiger partial charge in [-0.1, -0.05) is 0 Å². The van der Waals surface area contributed by atoms with Crippen molar-refractivity contribution in [1.82, 2.24) is 20.0 Å². The summed E-state index contributed by atoms with van der Waals surface area (Å²) >= 11 is 0. The predicted molar refractivity (Wildman–Crippen MR) is 60.9 cm³/mol. The maximum Gasteiger partial charge on any atom is 0.265 e. The van der Waals surface area contributed by atoms with Crippen molar-refractivity contribution >= 4 is 11.8 Å². The van der Waals surface area contributed by atoms with E-state index in [-0.39, 0.29) is 24.9 Å². The molecule has 1 aliphatic heterocycles. The lowest BCUT2D eigenvalue weighted by Crippen LogP contribution is -2.51. The van der Waals surface area contributed by atoms with Gasteiger partial charge in [0, 0.05) is 25.2 Å². The number of aromatic nitrogens is 2. The number of hydrogen-bond donors (Lipinski definition) is 2. The second-order valence-corrected chi connectivity index (χ2v) is 3.90. The highest BCUT2D eigenvalue weighted by molar-refractivity contribution is 5.85. The van der Waals surface area contributed by atoms with Crippen molar-refractivity contribution in [3.63, 3.8) is 0 Å². The van der Waals surface area contributed by atoms with Crippen molar-refractivity contribution in [3.8, 4) is 0 Å². The monoisotopic (exact) mass is 252 g/mol. The number of nitrogens with zero attached hydrogens (tertiary/aromatic N) is 2. The maximum atomic E-state index is 11.8. The first-order valence-electron chi connectivity index (χ1n) is 5.41. The first-order valence-corrected chi connectivity index (χ1v) is 5.41. The molecule has 18 heavy (non-hydrogen) atoms. The number of rotatable bonds is 2. The largest absolute Gasteiger partial charge is 0.353 e. The molecule has 2 N–H and O–H groups in total. The zero-order valence-corrected chi connectivity index (χ0v) is 9.51. The molecule has 0 spiro atoms. The van der Waals surface area contributed by atoms with Crippen molar-refractivity contribution < 1.29 is 9.59 Å². The van der Waals surface area contributed by atoms with Crippen molar-refractivity contribution in [2.24, 2.45) is 0 Å². The number of aromatic amines is 1. The summed E-state index contributed by atoms with van der Waals surface area (Å²) < 4.78 is 0.928. The molecule has 2 rings (SSSR count). The first kappa shape index (κ1) is 12.1. The molecule has 0 aliphatic carbocycles. The summed E-state index contributed by atoms with van der Waals surface area (Å²) in [7, 11) is 0. The Hall–Kier alpha value is -2.38. The van der Waals surface area contributed by atoms with E-state index >= 15 is 0 Å². The predicted octanol–water partition coefficient (Wildman–Crippen LogP) is -2.50. The second kappa shape index (κ2) is 4.86. The Labute approximate surface area is 101 Å². The average molecular weight is 252 g/mol. The van der Waals surface area contributed by atoms with Gasteiger partial charge in [-0.3, -0.25) is 24.3 Å². The molecule has 0 saturated carbocycles. The molecule has 8 heteroatoms. The lowest BCUT2D eigenvalue weighted by molar-refractivity contribution is -0.138. The van der Waals surface area contributed by atoms with Crippen LogP contribution in [0.1, 0.15) is 0 Å². The fraction of sp³-hybridized carbons (Fsp3) is 0.400. The van der Waals surface area contributed by atoms with E-state index in [1.165, 1.54) is 4.90 Å². The zero-order chi connectivity index (χ0) is 13.1. The summed E-state index contributed by atoms with van der Waals surface area (Å²) in [5, 5.41) is 4.85. The number of H-pyrrole nitrogens is 1. The van der Waals surface area contributed by atoms with E-state index in [9.17, 15) is 19.2 Å². The van der Waals surface area contributed by atoms with Gasteiger partial charge >= 0.3 is 0 Å². The standard InChI is InChI=1S/C10H12N4O4/c15-7-1-2-9(17)14(12-7)6-10(18)13-4-3-11-8(16)5-13/h1-2H,3-6H2,(H,11,16)(H,12,15). The molecule has 2 heterocycles. The van der Waals surface area contributed by atoms with Gasteiger partial charge in [-0.25, -0.2) is 4.68 Å². The van der Waals surface area contributed by atoms with Crippen LogP contribution < -0.4 is 16.4 Å². The molecule has 96 valence electrons. The Bertz CT molecular complexity index is 588. The Balaban J connectivity index is 2.11. The fourth-order valence-corrected chi connectivity index (χ4v) is 1.67. The summed E-state index contributed by atoms with van der Waals surface area (Å²) in [5.41, 5.74) is -0.928. The number of carbonyl (C=O) groups excluding carboxylic acids is 2. The maximum absolute atomic E-state index is 11.8. The summed E-state index contributed by atoms with van der Waals surface area (Å²) in [6.07, 6.45) is 0. The molecule has 1 aliphatic rings. The SMILES string of the molecule is O=C1CN(C(=O)Cn2[nH]c(=O)ccc2=O)CCN1. The smallest absolute Gasteiger partial charge is 0.265 e. The molecule has 1 aromatic rings. The number of piperazine rings is 1. The molecular formula is C10H12N4O4. The third kappa shape index (κ3) is 2.65. The van der Waals surface area contributed by atoms with Crippen LogP contribution in [0.2, 0.25) is 0 Å². The topological polar surface area (TPSA) is 104 Å². The summed E-state index contributed by atoms with van der Waals surface area (Å²) in [6.45, 7) is 0.494. The number of hydrogen-bond acceptors (Lipinski definition) is 4. The zero-order valence-electron chi connectivity index (χ0n) is 9.51. The van der Waals surface area contributed by atoms with Gasteiger partial charge in [-0.2, -0.15) is 0 Å². The van der Waals surface area contributed by atoms with E-state index in [1.807, 2.05) is 0 Å². The molecule has 0 atom stereocenters. The van der Waals surface area contributed by atoms with Gasteiger partial charge in [0.25, 0.3) is 11.1 Å². The van der Waals surface area contributed by atoms with Gasteiger partial charge in [0.15, 0.2) is 0 Å². The highest BCUT2D eigenvalue weighted by atomic mass is 16.2. The molecule has 1 aromatic heterocycles. The van der Waals surface area contributed by atoms with Crippen LogP contribution in [0.15, 0.2) is 21.7 Å². The van der Waals surface area contributed by atoms with Crippen molar-refractivity contribution in [3.05, 3.63) is 32.8 Å². The third-order valence-electron chi connectivity index (χ3n) is 2.57. The van der Waals surface area contributed by atoms with E-state index < -0.39 is 11.1 Å². The van der Waals surface area contributed by atoms with Crippen LogP contribution in [0, 0.1) is 0 Å². The molecule has 1 saturated heterocycles. The van der Waals surface area contributed by atoms with Gasteiger partial charge in [0.1, 0.15) is 6.54 Å². The Morgan fingerprint density at radius 3 is 2.78 bits per heavy atom. The average Bonchev–Trinajstić information content (AvgIpc) is 2.34. The van der Waals surface area contributed by atoms with Crippen molar-refractivity contribution in [2.75, 3.05) is 19.6 Å². The van der Waals surface area contributed by atoms with Crippen LogP contribution in [0.25, 0.3) is 0 Å². The van der Waals surface area contributed by atoms with Crippen LogP contribution >= 0.6 is 0 Å². The van der Waals surface area contributed by atoms with Gasteiger partial charge < -0.3 is 10.2 Å². The Morgan fingerprint density at radius 2 is 2.06 bits per heavy atom. The van der Waals surface area contributed by atoms with Crippen LogP contribution in [-0.2, 0) is 16.1 Å². The summed E-state index contributed by atoms with van der Waals surface area (Å²) in [6, 6.07) is 2.19. The van der Waals surface area contributed by atoms with Crippen molar-refractivity contribution in [1.29, 1.82) is 0 Å². The number of carbonyl (C=O) groups is 2. The van der Waals surface area contributed by atoms with Gasteiger partial charge in [0.05, 0.1) is 6.54 Å². The van der Waals surface area contributed by atoms with E-state index in [4.69, 9.17) is 0 Å². The van der Waals surface area contributed by atoms with E-state index in [0.717, 1.165) is 16.8 Å². The normalized spacial score (nSPS) is 15.3. The van der Waals surface area contributed by atoms with Gasteiger partial charge in [0.2, 0.25) is 11.8 Å². The van der Waals surface area contributed by atoms with Gasteiger partial charge in [-0.05, 0) is 0 Å². The third-order valence-corrected chi connectivity index (χ3v) is 2.57. The fourth-order valence-electron chi connectivity index (χ4n) is 1.67.